The maximum atomic E-state index is 5.60. The van der Waals surface area contributed by atoms with Crippen LogP contribution in [0.4, 0.5) is 0 Å². The first-order valence-electron chi connectivity index (χ1n) is 7.28. The van der Waals surface area contributed by atoms with Gasteiger partial charge in [-0.2, -0.15) is 0 Å². The van der Waals surface area contributed by atoms with Gasteiger partial charge in [0.15, 0.2) is 10.9 Å². The maximum Gasteiger partial charge on any atom is 0.283 e. The van der Waals surface area contributed by atoms with E-state index in [2.05, 4.69) is 20.2 Å². The first kappa shape index (κ1) is 14.7. The third kappa shape index (κ3) is 3.23. The molecular formula is C16H13N5O2S. The summed E-state index contributed by atoms with van der Waals surface area (Å²) >= 11 is 1.53. The highest BCUT2D eigenvalue weighted by atomic mass is 32.2. The highest BCUT2D eigenvalue weighted by Gasteiger charge is 2.12. The number of aromatic nitrogens is 5. The van der Waals surface area contributed by atoms with Gasteiger partial charge >= 0.3 is 0 Å². The van der Waals surface area contributed by atoms with Crippen molar-refractivity contribution >= 4 is 11.8 Å². The van der Waals surface area contributed by atoms with E-state index in [9.17, 15) is 0 Å². The van der Waals surface area contributed by atoms with Crippen molar-refractivity contribution in [3.63, 3.8) is 0 Å². The number of nitrogens with zero attached hydrogens (tertiary/aromatic N) is 5. The van der Waals surface area contributed by atoms with E-state index >= 15 is 0 Å². The summed E-state index contributed by atoms with van der Waals surface area (Å²) in [7, 11) is 0. The molecule has 0 aliphatic carbocycles. The predicted octanol–water partition coefficient (Wildman–Crippen LogP) is 3.26. The molecule has 4 aromatic rings. The number of hydrogen-bond donors (Lipinski definition) is 0. The minimum Gasteiger partial charge on any atom is -0.459 e. The van der Waals surface area contributed by atoms with E-state index in [-0.39, 0.29) is 0 Å². The van der Waals surface area contributed by atoms with Crippen molar-refractivity contribution in [3.8, 4) is 11.7 Å². The van der Waals surface area contributed by atoms with Crippen molar-refractivity contribution in [3.05, 3.63) is 66.8 Å². The second kappa shape index (κ2) is 6.71. The van der Waals surface area contributed by atoms with Crippen molar-refractivity contribution in [2.24, 2.45) is 0 Å². The summed E-state index contributed by atoms with van der Waals surface area (Å²) < 4.78 is 12.9. The summed E-state index contributed by atoms with van der Waals surface area (Å²) in [5, 5.41) is 8.90. The number of imidazole rings is 1. The van der Waals surface area contributed by atoms with E-state index in [1.54, 1.807) is 30.8 Å². The monoisotopic (exact) mass is 339 g/mol. The van der Waals surface area contributed by atoms with Crippen molar-refractivity contribution in [2.75, 3.05) is 0 Å². The number of pyridine rings is 1. The molecule has 120 valence electrons. The zero-order valence-electron chi connectivity index (χ0n) is 12.6. The first-order chi connectivity index (χ1) is 11.9. The number of hydrogen-bond acceptors (Lipinski definition) is 7. The average Bonchev–Trinajstić information content (AvgIpc) is 3.36. The molecule has 0 aliphatic heterocycles. The molecule has 0 N–H and O–H groups in total. The smallest absolute Gasteiger partial charge is 0.283 e. The van der Waals surface area contributed by atoms with Crippen LogP contribution in [0.1, 0.15) is 11.6 Å². The zero-order valence-corrected chi connectivity index (χ0v) is 13.4. The van der Waals surface area contributed by atoms with E-state index < -0.39 is 0 Å². The lowest BCUT2D eigenvalue weighted by Crippen LogP contribution is -2.02. The van der Waals surface area contributed by atoms with Crippen LogP contribution in [0.15, 0.2) is 69.2 Å². The molecule has 8 heteroatoms. The molecule has 0 spiro atoms. The van der Waals surface area contributed by atoms with Gasteiger partial charge in [0.25, 0.3) is 5.89 Å². The molecule has 24 heavy (non-hydrogen) atoms. The minimum absolute atomic E-state index is 0.382. The topological polar surface area (TPSA) is 82.8 Å². The van der Waals surface area contributed by atoms with Gasteiger partial charge in [0.1, 0.15) is 0 Å². The van der Waals surface area contributed by atoms with Crippen molar-refractivity contribution in [1.29, 1.82) is 0 Å². The summed E-state index contributed by atoms with van der Waals surface area (Å²) in [6, 6.07) is 9.43. The third-order valence-electron chi connectivity index (χ3n) is 3.26. The fourth-order valence-corrected chi connectivity index (χ4v) is 2.96. The van der Waals surface area contributed by atoms with Crippen LogP contribution in [0.25, 0.3) is 11.7 Å². The van der Waals surface area contributed by atoms with Crippen LogP contribution >= 0.6 is 11.8 Å². The van der Waals surface area contributed by atoms with Gasteiger partial charge in [-0.3, -0.25) is 4.98 Å². The van der Waals surface area contributed by atoms with Gasteiger partial charge < -0.3 is 13.4 Å². The highest BCUT2D eigenvalue weighted by molar-refractivity contribution is 7.98. The van der Waals surface area contributed by atoms with Crippen molar-refractivity contribution in [2.45, 2.75) is 17.5 Å². The summed E-state index contributed by atoms with van der Waals surface area (Å²) in [4.78, 5) is 8.71. The molecule has 0 fully saturated rings. The fourth-order valence-electron chi connectivity index (χ4n) is 2.16. The van der Waals surface area contributed by atoms with Crippen LogP contribution in [-0.4, -0.2) is 24.7 Å². The number of thioether (sulfide) groups is 1. The lowest BCUT2D eigenvalue weighted by atomic mass is 10.3. The molecule has 0 atom stereocenters. The Bertz CT molecular complexity index is 902. The van der Waals surface area contributed by atoms with Crippen LogP contribution in [0.3, 0.4) is 0 Å². The SMILES string of the molecule is c1ccc(Cn2ccnc2SCc2nnc(-c3ccco3)o2)nc1. The average molecular weight is 339 g/mol. The standard InChI is InChI=1S/C16H13N5O2S/c1-2-6-17-12(4-1)10-21-8-7-18-16(21)24-11-14-19-20-15(23-14)13-5-3-9-22-13/h1-9H,10-11H2. The molecule has 0 saturated carbocycles. The minimum atomic E-state index is 0.382. The summed E-state index contributed by atoms with van der Waals surface area (Å²) in [5.41, 5.74) is 0.982. The lowest BCUT2D eigenvalue weighted by molar-refractivity contribution is 0.494. The Morgan fingerprint density at radius 3 is 2.88 bits per heavy atom. The van der Waals surface area contributed by atoms with Crippen molar-refractivity contribution in [1.82, 2.24) is 24.7 Å². The second-order valence-electron chi connectivity index (χ2n) is 4.93. The van der Waals surface area contributed by atoms with Crippen LogP contribution in [0, 0.1) is 0 Å². The molecule has 7 nitrogen and oxygen atoms in total. The fraction of sp³-hybridized carbons (Fsp3) is 0.125. The molecular weight excluding hydrogens is 326 g/mol. The van der Waals surface area contributed by atoms with E-state index in [1.165, 1.54) is 11.8 Å². The molecule has 0 aliphatic rings. The molecule has 0 radical (unpaired) electrons. The van der Waals surface area contributed by atoms with E-state index in [0.29, 0.717) is 29.8 Å². The van der Waals surface area contributed by atoms with Crippen LogP contribution in [-0.2, 0) is 12.3 Å². The predicted molar refractivity (Wildman–Crippen MR) is 87.1 cm³/mol. The van der Waals surface area contributed by atoms with Crippen molar-refractivity contribution < 1.29 is 8.83 Å². The van der Waals surface area contributed by atoms with E-state index in [4.69, 9.17) is 8.83 Å². The number of furan rings is 1. The zero-order chi connectivity index (χ0) is 16.2. The maximum absolute atomic E-state index is 5.60. The molecule has 0 amide bonds. The van der Waals surface area contributed by atoms with Gasteiger partial charge in [-0.05, 0) is 24.3 Å². The third-order valence-corrected chi connectivity index (χ3v) is 4.25. The Morgan fingerprint density at radius 2 is 2.04 bits per heavy atom. The molecule has 0 saturated heterocycles. The molecule has 0 unspecified atom stereocenters. The Morgan fingerprint density at radius 1 is 1.04 bits per heavy atom. The molecule has 4 aromatic heterocycles. The normalized spacial score (nSPS) is 11.0. The van der Waals surface area contributed by atoms with Gasteiger partial charge in [-0.15, -0.1) is 10.2 Å². The second-order valence-corrected chi connectivity index (χ2v) is 5.87. The Labute approximate surface area is 141 Å². The van der Waals surface area contributed by atoms with Gasteiger partial charge in [0.05, 0.1) is 24.3 Å². The van der Waals surface area contributed by atoms with E-state index in [0.717, 1.165) is 10.9 Å². The summed E-state index contributed by atoms with van der Waals surface area (Å²) in [6.45, 7) is 0.671. The van der Waals surface area contributed by atoms with Crippen LogP contribution in [0.2, 0.25) is 0 Å². The van der Waals surface area contributed by atoms with Crippen LogP contribution < -0.4 is 0 Å². The molecule has 0 bridgehead atoms. The van der Waals surface area contributed by atoms with Gasteiger partial charge in [-0.25, -0.2) is 4.98 Å². The molecule has 4 rings (SSSR count). The van der Waals surface area contributed by atoms with Gasteiger partial charge in [-0.1, -0.05) is 17.8 Å². The Balaban J connectivity index is 1.43. The summed E-state index contributed by atoms with van der Waals surface area (Å²) in [5.74, 6) is 2.01. The summed E-state index contributed by atoms with van der Waals surface area (Å²) in [6.07, 6.45) is 7.06. The Kier molecular flexibility index (Phi) is 4.11. The Hall–Kier alpha value is -2.87. The van der Waals surface area contributed by atoms with Gasteiger partial charge in [0, 0.05) is 18.6 Å². The molecule has 0 aromatic carbocycles. The first-order valence-corrected chi connectivity index (χ1v) is 8.27. The van der Waals surface area contributed by atoms with Crippen LogP contribution in [0.5, 0.6) is 0 Å². The van der Waals surface area contributed by atoms with Gasteiger partial charge in [0.2, 0.25) is 5.89 Å². The van der Waals surface area contributed by atoms with E-state index in [1.807, 2.05) is 29.0 Å². The quantitative estimate of drug-likeness (QED) is 0.499. The largest absolute Gasteiger partial charge is 0.459 e. The highest BCUT2D eigenvalue weighted by Crippen LogP contribution is 2.24. The lowest BCUT2D eigenvalue weighted by Gasteiger charge is -2.05. The molecule has 4 heterocycles. The number of rotatable bonds is 6.